The van der Waals surface area contributed by atoms with Crippen molar-refractivity contribution in [1.29, 1.82) is 0 Å². The van der Waals surface area contributed by atoms with Crippen LogP contribution < -0.4 is 11.3 Å². The largest absolute Gasteiger partial charge is 0.472 e. The van der Waals surface area contributed by atoms with Gasteiger partial charge in [-0.15, -0.1) is 0 Å². The number of aromatic nitrogens is 9. The summed E-state index contributed by atoms with van der Waals surface area (Å²) in [5.74, 6) is -0.307. The lowest BCUT2D eigenvalue weighted by Gasteiger charge is -2.45. The van der Waals surface area contributed by atoms with Crippen molar-refractivity contribution in [1.82, 2.24) is 43.4 Å². The number of halogens is 1. The number of nitrogens with one attached hydrogen (secondary N) is 1. The second kappa shape index (κ2) is 10.7. The third-order valence-corrected chi connectivity index (χ3v) is 10.3. The number of hydrogen-bond donors (Lipinski definition) is 3. The van der Waals surface area contributed by atoms with Crippen molar-refractivity contribution in [2.45, 2.75) is 37.1 Å². The molecule has 0 radical (unpaired) electrons. The Hall–Kier alpha value is -3.61. The van der Waals surface area contributed by atoms with Gasteiger partial charge in [-0.05, 0) is 12.3 Å². The van der Waals surface area contributed by atoms with Gasteiger partial charge >= 0.3 is 16.1 Å². The number of nitrogens with zero attached hydrogens (tertiary/aromatic N) is 8. The first-order chi connectivity index (χ1) is 21.7. The third kappa shape index (κ3) is 4.80. The number of alkyl halides is 1. The second-order valence-corrected chi connectivity index (χ2v) is 13.4. The van der Waals surface area contributed by atoms with Gasteiger partial charge in [-0.3, -0.25) is 27.5 Å². The van der Waals surface area contributed by atoms with Crippen LogP contribution in [-0.4, -0.2) is 86.5 Å². The predicted octanol–water partition coefficient (Wildman–Crippen LogP) is 1.15. The minimum atomic E-state index is -4.70. The van der Waals surface area contributed by atoms with Crippen LogP contribution in [0, 0.1) is 11.8 Å². The molecule has 3 fully saturated rings. The molecule has 3 aliphatic rings. The molecule has 3 unspecified atom stereocenters. The summed E-state index contributed by atoms with van der Waals surface area (Å²) in [6.45, 7) is -1.04. The molecular weight excluding hydrogens is 641 g/mol. The van der Waals surface area contributed by atoms with Gasteiger partial charge in [0.25, 0.3) is 5.56 Å². The van der Waals surface area contributed by atoms with Crippen LogP contribution in [0.3, 0.4) is 0 Å². The molecule has 1 saturated carbocycles. The molecule has 238 valence electrons. The average molecular weight is 666 g/mol. The van der Waals surface area contributed by atoms with E-state index in [1.807, 2.05) is 0 Å². The standard InChI is InChI=1S/C23H25FN10O9P2/c24-14-13-6-41-45(37,38)40-5-11-10(3-12(11)33-8-29-15-18(25)27-7-28-19(15)33)4-39-44(36)43-17(14)22(42-13)34-9-30-16-20(34)31-23-26-1-2-32(23)21(16)35/h1-2,7-14,17,22,44H,3-6H2,(H,26,31)(H,37,38)(H2,25,27,28)/t10-,11-,12-,13-,14-,17-,22?/m1/s1. The van der Waals surface area contributed by atoms with E-state index in [2.05, 4.69) is 29.9 Å². The Morgan fingerprint density at radius 2 is 1.89 bits per heavy atom. The Kier molecular flexibility index (Phi) is 6.88. The number of hydrogen-bond acceptors (Lipinski definition) is 14. The fourth-order valence-corrected chi connectivity index (χ4v) is 7.80. The van der Waals surface area contributed by atoms with E-state index in [1.165, 1.54) is 34.0 Å². The van der Waals surface area contributed by atoms with Crippen LogP contribution in [0.5, 0.6) is 0 Å². The normalized spacial score (nSPS) is 34.5. The van der Waals surface area contributed by atoms with Crippen LogP contribution >= 0.6 is 16.1 Å². The number of nitrogen functional groups attached to an aromatic ring is 1. The Labute approximate surface area is 251 Å². The van der Waals surface area contributed by atoms with Crippen molar-refractivity contribution in [3.8, 4) is 0 Å². The summed E-state index contributed by atoms with van der Waals surface area (Å²) in [5.41, 5.74) is 6.47. The molecule has 8 rings (SSSR count). The molecule has 7 heterocycles. The number of fused-ring (bicyclic) bond motifs is 6. The van der Waals surface area contributed by atoms with Crippen LogP contribution in [-0.2, 0) is 32.0 Å². The molecule has 0 spiro atoms. The molecule has 2 saturated heterocycles. The molecule has 2 aliphatic heterocycles. The number of anilines is 1. The van der Waals surface area contributed by atoms with E-state index in [1.54, 1.807) is 10.9 Å². The lowest BCUT2D eigenvalue weighted by atomic mass is 9.70. The average Bonchev–Trinajstić information content (AvgIpc) is 3.79. The Bertz CT molecular complexity index is 2070. The van der Waals surface area contributed by atoms with Crippen LogP contribution in [0.1, 0.15) is 18.7 Å². The van der Waals surface area contributed by atoms with Gasteiger partial charge in [0.05, 0.1) is 32.5 Å². The van der Waals surface area contributed by atoms with E-state index in [-0.39, 0.29) is 47.9 Å². The zero-order valence-corrected chi connectivity index (χ0v) is 24.8. The molecule has 22 heteroatoms. The van der Waals surface area contributed by atoms with E-state index in [9.17, 15) is 18.8 Å². The van der Waals surface area contributed by atoms with E-state index in [0.717, 1.165) is 0 Å². The monoisotopic (exact) mass is 666 g/mol. The lowest BCUT2D eigenvalue weighted by molar-refractivity contribution is -0.0468. The quantitative estimate of drug-likeness (QED) is 0.224. The summed E-state index contributed by atoms with van der Waals surface area (Å²) in [6, 6.07) is -0.286. The van der Waals surface area contributed by atoms with Gasteiger partial charge in [-0.25, -0.2) is 38.3 Å². The maximum atomic E-state index is 15.8. The molecule has 0 amide bonds. The molecule has 5 aromatic heterocycles. The van der Waals surface area contributed by atoms with Crippen molar-refractivity contribution in [2.75, 3.05) is 25.6 Å². The van der Waals surface area contributed by atoms with E-state index >= 15 is 4.39 Å². The van der Waals surface area contributed by atoms with Gasteiger partial charge in [0.15, 0.2) is 29.4 Å². The van der Waals surface area contributed by atoms with Gasteiger partial charge < -0.3 is 29.4 Å². The highest BCUT2D eigenvalue weighted by molar-refractivity contribution is 7.47. The molecule has 5 aromatic rings. The first-order valence-corrected chi connectivity index (χ1v) is 16.5. The van der Waals surface area contributed by atoms with Crippen LogP contribution in [0.2, 0.25) is 0 Å². The van der Waals surface area contributed by atoms with E-state index < -0.39 is 58.8 Å². The maximum absolute atomic E-state index is 15.8. The second-order valence-electron chi connectivity index (χ2n) is 10.9. The number of aromatic amines is 1. The van der Waals surface area contributed by atoms with Crippen LogP contribution in [0.25, 0.3) is 28.1 Å². The molecule has 45 heavy (non-hydrogen) atoms. The number of nitrogens with two attached hydrogens (primary N) is 1. The Morgan fingerprint density at radius 1 is 1.09 bits per heavy atom. The summed E-state index contributed by atoms with van der Waals surface area (Å²) in [7, 11) is -8.00. The zero-order valence-electron chi connectivity index (χ0n) is 23.0. The molecule has 0 aromatic carbocycles. The number of imidazole rings is 3. The summed E-state index contributed by atoms with van der Waals surface area (Å²) in [5, 5.41) is 0. The number of phosphoric acid groups is 1. The van der Waals surface area contributed by atoms with Gasteiger partial charge in [-0.1, -0.05) is 0 Å². The maximum Gasteiger partial charge on any atom is 0.472 e. The van der Waals surface area contributed by atoms with Gasteiger partial charge in [0.2, 0.25) is 5.78 Å². The molecule has 4 N–H and O–H groups in total. The summed E-state index contributed by atoms with van der Waals surface area (Å²) in [4.78, 5) is 47.1. The summed E-state index contributed by atoms with van der Waals surface area (Å²) >= 11 is 0. The number of H-pyrrole nitrogens is 1. The van der Waals surface area contributed by atoms with Gasteiger partial charge in [-0.2, -0.15) is 0 Å². The minimum Gasteiger partial charge on any atom is -0.382 e. The molecule has 1 aliphatic carbocycles. The summed E-state index contributed by atoms with van der Waals surface area (Å²) < 4.78 is 73.7. The fraction of sp³-hybridized carbons (Fsp3) is 0.478. The molecular formula is C23H25FN10O9P2. The topological polar surface area (TPSA) is 238 Å². The van der Waals surface area contributed by atoms with Gasteiger partial charge in [0.1, 0.15) is 29.7 Å². The van der Waals surface area contributed by atoms with Gasteiger partial charge in [0, 0.05) is 24.4 Å². The highest BCUT2D eigenvalue weighted by atomic mass is 31.2. The zero-order chi connectivity index (χ0) is 31.0. The predicted molar refractivity (Wildman–Crippen MR) is 150 cm³/mol. The van der Waals surface area contributed by atoms with Crippen molar-refractivity contribution >= 4 is 50.0 Å². The SMILES string of the molecule is Nc1ncnc2c1ncn2[C@@H]1C[C@@H]2CO[PH](=O)O[C@H]3C(n4cnc5c(=O)n6ccnc6[nH]c54)O[C@H](COP(=O)(O)OC[C@H]21)[C@H]3F. The van der Waals surface area contributed by atoms with E-state index in [4.69, 9.17) is 28.6 Å². The minimum absolute atomic E-state index is 0.00594. The Balaban J connectivity index is 1.08. The first-order valence-electron chi connectivity index (χ1n) is 13.8. The smallest absolute Gasteiger partial charge is 0.382 e. The molecule has 19 nitrogen and oxygen atoms in total. The fourth-order valence-electron chi connectivity index (χ4n) is 6.15. The highest BCUT2D eigenvalue weighted by Gasteiger charge is 2.50. The number of rotatable bonds is 2. The number of phosphoric ester groups is 1. The van der Waals surface area contributed by atoms with Crippen LogP contribution in [0.4, 0.5) is 10.2 Å². The molecule has 2 bridgehead atoms. The third-order valence-electron chi connectivity index (χ3n) is 8.49. The first kappa shape index (κ1) is 28.8. The molecule has 9 atom stereocenters. The number of ether oxygens (including phenoxy) is 1. The van der Waals surface area contributed by atoms with E-state index in [0.29, 0.717) is 17.6 Å². The lowest BCUT2D eigenvalue weighted by Crippen LogP contribution is -2.43. The summed E-state index contributed by atoms with van der Waals surface area (Å²) in [6.07, 6.45) is 1.16. The van der Waals surface area contributed by atoms with Crippen LogP contribution in [0.15, 0.2) is 36.2 Å². The highest BCUT2D eigenvalue weighted by Crippen LogP contribution is 2.52. The van der Waals surface area contributed by atoms with Crippen molar-refractivity contribution in [2.24, 2.45) is 11.8 Å². The van der Waals surface area contributed by atoms with Crippen molar-refractivity contribution in [3.63, 3.8) is 0 Å². The Morgan fingerprint density at radius 3 is 2.76 bits per heavy atom. The van der Waals surface area contributed by atoms with Crippen molar-refractivity contribution in [3.05, 3.63) is 41.7 Å². The van der Waals surface area contributed by atoms with Crippen molar-refractivity contribution < 1.29 is 41.2 Å².